The summed E-state index contributed by atoms with van der Waals surface area (Å²) in [6.07, 6.45) is 0.281. The van der Waals surface area contributed by atoms with Gasteiger partial charge >= 0.3 is 17.1 Å². The average molecular weight is 429 g/mol. The van der Waals surface area contributed by atoms with Gasteiger partial charge in [0.2, 0.25) is 17.7 Å². The van der Waals surface area contributed by atoms with Gasteiger partial charge in [0.1, 0.15) is 0 Å². The van der Waals surface area contributed by atoms with Crippen LogP contribution in [0, 0.1) is 0 Å². The molecular formula is C15H27N9O6. The summed E-state index contributed by atoms with van der Waals surface area (Å²) in [6, 6.07) is 0. The van der Waals surface area contributed by atoms with Crippen LogP contribution in [0.5, 0.6) is 0 Å². The summed E-state index contributed by atoms with van der Waals surface area (Å²) in [6.45, 7) is -0.381. The molecule has 0 saturated carbocycles. The zero-order chi connectivity index (χ0) is 22.7. The number of hydrogen-bond acceptors (Lipinski definition) is 9. The van der Waals surface area contributed by atoms with Crippen molar-refractivity contribution in [1.29, 1.82) is 0 Å². The van der Waals surface area contributed by atoms with Gasteiger partial charge in [-0.3, -0.25) is 30.7 Å². The molecule has 1 rings (SSSR count). The predicted molar refractivity (Wildman–Crippen MR) is 104 cm³/mol. The Morgan fingerprint density at radius 3 is 1.00 bits per heavy atom. The van der Waals surface area contributed by atoms with E-state index < -0.39 is 34.8 Å². The fourth-order valence-corrected chi connectivity index (χ4v) is 2.67. The van der Waals surface area contributed by atoms with Gasteiger partial charge in [0.25, 0.3) is 0 Å². The molecule has 0 aliphatic rings. The summed E-state index contributed by atoms with van der Waals surface area (Å²) in [5, 5.41) is 0. The van der Waals surface area contributed by atoms with Gasteiger partial charge in [0.15, 0.2) is 0 Å². The van der Waals surface area contributed by atoms with Crippen molar-refractivity contribution < 1.29 is 14.4 Å². The first-order valence-corrected chi connectivity index (χ1v) is 9.19. The molecule has 0 spiro atoms. The van der Waals surface area contributed by atoms with Gasteiger partial charge < -0.3 is 0 Å². The summed E-state index contributed by atoms with van der Waals surface area (Å²) in [7, 11) is 0. The lowest BCUT2D eigenvalue weighted by molar-refractivity contribution is -0.122. The highest BCUT2D eigenvalue weighted by atomic mass is 16.2. The molecule has 0 fully saturated rings. The Labute approximate surface area is 170 Å². The molecule has 0 bridgehead atoms. The monoisotopic (exact) mass is 429 g/mol. The van der Waals surface area contributed by atoms with Crippen LogP contribution >= 0.6 is 0 Å². The quantitative estimate of drug-likeness (QED) is 0.107. The van der Waals surface area contributed by atoms with Gasteiger partial charge in [-0.25, -0.2) is 45.6 Å². The Hall–Kier alpha value is -3.30. The molecule has 168 valence electrons. The van der Waals surface area contributed by atoms with Crippen LogP contribution in [0.1, 0.15) is 38.5 Å². The second kappa shape index (κ2) is 12.3. The summed E-state index contributed by atoms with van der Waals surface area (Å²) in [4.78, 5) is 71.8. The van der Waals surface area contributed by atoms with Crippen molar-refractivity contribution in [3.63, 3.8) is 0 Å². The third-order valence-corrected chi connectivity index (χ3v) is 4.23. The van der Waals surface area contributed by atoms with Crippen LogP contribution in [-0.2, 0) is 34.0 Å². The number of hydrogen-bond donors (Lipinski definition) is 6. The summed E-state index contributed by atoms with van der Waals surface area (Å²) in [5.74, 6) is 13.6. The van der Waals surface area contributed by atoms with Crippen LogP contribution in [0.25, 0.3) is 0 Å². The average Bonchev–Trinajstić information content (AvgIpc) is 2.74. The number of amides is 3. The highest BCUT2D eigenvalue weighted by molar-refractivity contribution is 5.75. The zero-order valence-electron chi connectivity index (χ0n) is 16.4. The van der Waals surface area contributed by atoms with E-state index in [1.54, 1.807) is 0 Å². The van der Waals surface area contributed by atoms with Crippen molar-refractivity contribution in [2.45, 2.75) is 58.2 Å². The normalized spacial score (nSPS) is 10.5. The lowest BCUT2D eigenvalue weighted by Gasteiger charge is -2.14. The Morgan fingerprint density at radius 1 is 0.567 bits per heavy atom. The van der Waals surface area contributed by atoms with E-state index >= 15 is 0 Å². The minimum Gasteiger partial charge on any atom is -0.294 e. The van der Waals surface area contributed by atoms with Gasteiger partial charge in [0.05, 0.1) is 0 Å². The smallest absolute Gasteiger partial charge is 0.294 e. The number of nitrogens with one attached hydrogen (secondary N) is 3. The van der Waals surface area contributed by atoms with Crippen LogP contribution in [0.3, 0.4) is 0 Å². The summed E-state index contributed by atoms with van der Waals surface area (Å²) in [5.41, 5.74) is 3.24. The Bertz CT molecular complexity index is 783. The van der Waals surface area contributed by atoms with E-state index in [1.165, 1.54) is 0 Å². The van der Waals surface area contributed by atoms with Crippen molar-refractivity contribution in [1.82, 2.24) is 30.0 Å². The molecule has 15 nitrogen and oxygen atoms in total. The summed E-state index contributed by atoms with van der Waals surface area (Å²) < 4.78 is 2.49. The highest BCUT2D eigenvalue weighted by Crippen LogP contribution is 1.94. The molecule has 1 heterocycles. The number of carbonyl (C=O) groups is 3. The van der Waals surface area contributed by atoms with E-state index in [-0.39, 0.29) is 58.2 Å². The minimum absolute atomic E-state index is 0.0329. The second-order valence-electron chi connectivity index (χ2n) is 6.32. The van der Waals surface area contributed by atoms with Gasteiger partial charge in [-0.15, -0.1) is 0 Å². The molecule has 9 N–H and O–H groups in total. The number of nitrogens with zero attached hydrogens (tertiary/aromatic N) is 3. The minimum atomic E-state index is -0.859. The maximum Gasteiger partial charge on any atom is 0.336 e. The molecule has 3 amide bonds. The number of aromatic nitrogens is 3. The first kappa shape index (κ1) is 24.7. The summed E-state index contributed by atoms with van der Waals surface area (Å²) >= 11 is 0. The standard InChI is InChI=1S/C15H27N9O6/c16-19-10(25)4-1-7-22-13(28)23(8-2-5-11(26)20-17)15(30)24(14(22)29)9-3-6-12(27)21-18/h1-9,16-18H2,(H,19,25)(H,20,26)(H,21,27). The first-order chi connectivity index (χ1) is 14.3. The molecule has 0 aliphatic carbocycles. The molecule has 1 aromatic heterocycles. The number of carbonyl (C=O) groups excluding carboxylic acids is 3. The SMILES string of the molecule is NNC(=O)CCCn1c(=O)n(CCCC(=O)NN)c(=O)n(CCCC(=O)NN)c1=O. The van der Waals surface area contributed by atoms with Crippen LogP contribution in [-0.4, -0.2) is 31.4 Å². The highest BCUT2D eigenvalue weighted by Gasteiger charge is 2.16. The number of hydrazine groups is 3. The Morgan fingerprint density at radius 2 is 0.800 bits per heavy atom. The molecule has 0 aliphatic heterocycles. The maximum atomic E-state index is 12.7. The Balaban J connectivity index is 3.20. The van der Waals surface area contributed by atoms with Crippen LogP contribution < -0.4 is 50.9 Å². The molecule has 15 heteroatoms. The van der Waals surface area contributed by atoms with E-state index in [0.717, 1.165) is 13.7 Å². The third-order valence-electron chi connectivity index (χ3n) is 4.23. The molecule has 30 heavy (non-hydrogen) atoms. The molecule has 0 aromatic carbocycles. The molecule has 0 unspecified atom stereocenters. The number of rotatable bonds is 12. The van der Waals surface area contributed by atoms with E-state index in [4.69, 9.17) is 17.5 Å². The fourth-order valence-electron chi connectivity index (χ4n) is 2.67. The van der Waals surface area contributed by atoms with Gasteiger partial charge in [-0.05, 0) is 19.3 Å². The molecule has 0 radical (unpaired) electrons. The van der Waals surface area contributed by atoms with Crippen molar-refractivity contribution in [3.05, 3.63) is 31.5 Å². The van der Waals surface area contributed by atoms with E-state index in [1.807, 2.05) is 16.3 Å². The molecule has 1 aromatic rings. The molecular weight excluding hydrogens is 402 g/mol. The van der Waals surface area contributed by atoms with Gasteiger partial charge in [0, 0.05) is 38.9 Å². The number of nitrogens with two attached hydrogens (primary N) is 3. The largest absolute Gasteiger partial charge is 0.336 e. The van der Waals surface area contributed by atoms with Crippen LogP contribution in [0.4, 0.5) is 0 Å². The zero-order valence-corrected chi connectivity index (χ0v) is 16.4. The van der Waals surface area contributed by atoms with Crippen molar-refractivity contribution in [2.24, 2.45) is 17.5 Å². The predicted octanol–water partition coefficient (Wildman–Crippen LogP) is -4.52. The van der Waals surface area contributed by atoms with Crippen molar-refractivity contribution in [2.75, 3.05) is 0 Å². The van der Waals surface area contributed by atoms with Crippen molar-refractivity contribution in [3.8, 4) is 0 Å². The van der Waals surface area contributed by atoms with E-state index in [9.17, 15) is 28.8 Å². The lowest BCUT2D eigenvalue weighted by atomic mass is 10.3. The van der Waals surface area contributed by atoms with E-state index in [0.29, 0.717) is 0 Å². The topological polar surface area (TPSA) is 231 Å². The maximum absolute atomic E-state index is 12.7. The third kappa shape index (κ3) is 6.94. The van der Waals surface area contributed by atoms with Gasteiger partial charge in [-0.1, -0.05) is 0 Å². The van der Waals surface area contributed by atoms with Crippen LogP contribution in [0.15, 0.2) is 14.4 Å². The molecule has 0 saturated heterocycles. The van der Waals surface area contributed by atoms with Gasteiger partial charge in [-0.2, -0.15) is 0 Å². The van der Waals surface area contributed by atoms with E-state index in [2.05, 4.69) is 0 Å². The van der Waals surface area contributed by atoms with Crippen molar-refractivity contribution >= 4 is 17.7 Å². The van der Waals surface area contributed by atoms with Crippen LogP contribution in [0.2, 0.25) is 0 Å². The second-order valence-corrected chi connectivity index (χ2v) is 6.32. The molecule has 0 atom stereocenters. The first-order valence-electron chi connectivity index (χ1n) is 9.19. The fraction of sp³-hybridized carbons (Fsp3) is 0.600. The Kier molecular flexibility index (Phi) is 10.1. The lowest BCUT2D eigenvalue weighted by Crippen LogP contribution is -2.54.